The number of anilines is 3. The Morgan fingerprint density at radius 3 is 2.61 bits per heavy atom. The molecule has 2 N–H and O–H groups in total. The van der Waals surface area contributed by atoms with Crippen LogP contribution in [0.3, 0.4) is 0 Å². The molecule has 0 bridgehead atoms. The zero-order valence-electron chi connectivity index (χ0n) is 17.7. The predicted octanol–water partition coefficient (Wildman–Crippen LogP) is 4.28. The van der Waals surface area contributed by atoms with Crippen LogP contribution in [0.25, 0.3) is 10.9 Å². The van der Waals surface area contributed by atoms with Gasteiger partial charge >= 0.3 is 6.09 Å². The summed E-state index contributed by atoms with van der Waals surface area (Å²) in [5.74, 6) is 0.423. The van der Waals surface area contributed by atoms with Gasteiger partial charge in [-0.2, -0.15) is 0 Å². The summed E-state index contributed by atoms with van der Waals surface area (Å²) in [7, 11) is 1.56. The normalized spacial score (nSPS) is 11.3. The molecule has 3 rings (SSSR count). The molecule has 0 saturated heterocycles. The SMILES string of the molecule is COCCOc1cc(F)c2c(Nc3ccc(NC(=O)OC(C)(C)C)nc3)ncnc2c1. The Hall–Kier alpha value is -3.53. The molecule has 164 valence electrons. The monoisotopic (exact) mass is 429 g/mol. The highest BCUT2D eigenvalue weighted by molar-refractivity contribution is 5.92. The first-order valence-corrected chi connectivity index (χ1v) is 9.54. The van der Waals surface area contributed by atoms with E-state index in [4.69, 9.17) is 14.2 Å². The fourth-order valence-corrected chi connectivity index (χ4v) is 2.63. The lowest BCUT2D eigenvalue weighted by Gasteiger charge is -2.19. The van der Waals surface area contributed by atoms with Crippen LogP contribution in [0.1, 0.15) is 20.8 Å². The number of nitrogens with one attached hydrogen (secondary N) is 2. The van der Waals surface area contributed by atoms with Crippen molar-refractivity contribution < 1.29 is 23.4 Å². The Bertz CT molecular complexity index is 1050. The number of nitrogens with zero attached hydrogens (tertiary/aromatic N) is 3. The molecule has 1 aromatic carbocycles. The van der Waals surface area contributed by atoms with E-state index in [1.54, 1.807) is 46.1 Å². The molecule has 0 atom stereocenters. The number of ether oxygens (including phenoxy) is 3. The van der Waals surface area contributed by atoms with Crippen LogP contribution in [0.15, 0.2) is 36.8 Å². The van der Waals surface area contributed by atoms with E-state index in [-0.39, 0.29) is 11.2 Å². The molecule has 0 unspecified atom stereocenters. The number of amides is 1. The number of hydrogen-bond acceptors (Lipinski definition) is 8. The second-order valence-electron chi connectivity index (χ2n) is 7.55. The first kappa shape index (κ1) is 22.2. The molecule has 0 radical (unpaired) electrons. The Balaban J connectivity index is 1.75. The average molecular weight is 429 g/mol. The highest BCUT2D eigenvalue weighted by Gasteiger charge is 2.17. The van der Waals surface area contributed by atoms with Crippen molar-refractivity contribution >= 4 is 34.3 Å². The van der Waals surface area contributed by atoms with Crippen molar-refractivity contribution in [3.05, 3.63) is 42.6 Å². The topological polar surface area (TPSA) is 107 Å². The maximum absolute atomic E-state index is 14.8. The summed E-state index contributed by atoms with van der Waals surface area (Å²) in [6, 6.07) is 6.17. The summed E-state index contributed by atoms with van der Waals surface area (Å²) in [6.07, 6.45) is 2.21. The molecule has 0 aliphatic carbocycles. The Labute approximate surface area is 179 Å². The molecular formula is C21H24FN5O4. The van der Waals surface area contributed by atoms with Gasteiger partial charge in [-0.05, 0) is 32.9 Å². The smallest absolute Gasteiger partial charge is 0.413 e. The third-order valence-corrected chi connectivity index (χ3v) is 3.87. The van der Waals surface area contributed by atoms with E-state index in [2.05, 4.69) is 25.6 Å². The standard InChI is InChI=1S/C21H24FN5O4/c1-21(2,3)31-20(28)27-17-6-5-13(11-23-17)26-19-18-15(22)9-14(30-8-7-29-4)10-16(18)24-12-25-19/h5-6,9-12H,7-8H2,1-4H3,(H,23,27,28)(H,24,25,26). The van der Waals surface area contributed by atoms with Crippen molar-refractivity contribution in [2.75, 3.05) is 31.0 Å². The highest BCUT2D eigenvalue weighted by Crippen LogP contribution is 2.29. The van der Waals surface area contributed by atoms with Crippen molar-refractivity contribution in [3.63, 3.8) is 0 Å². The van der Waals surface area contributed by atoms with Gasteiger partial charge < -0.3 is 19.5 Å². The lowest BCUT2D eigenvalue weighted by atomic mass is 10.2. The van der Waals surface area contributed by atoms with Gasteiger partial charge in [0, 0.05) is 19.2 Å². The Morgan fingerprint density at radius 1 is 1.13 bits per heavy atom. The lowest BCUT2D eigenvalue weighted by Crippen LogP contribution is -2.27. The van der Waals surface area contributed by atoms with Crippen LogP contribution in [0.4, 0.5) is 26.5 Å². The van der Waals surface area contributed by atoms with Crippen LogP contribution in [0, 0.1) is 5.82 Å². The highest BCUT2D eigenvalue weighted by atomic mass is 19.1. The minimum absolute atomic E-state index is 0.220. The fraction of sp³-hybridized carbons (Fsp3) is 0.333. The van der Waals surface area contributed by atoms with E-state index >= 15 is 0 Å². The molecule has 0 saturated carbocycles. The van der Waals surface area contributed by atoms with Crippen molar-refractivity contribution in [1.82, 2.24) is 15.0 Å². The van der Waals surface area contributed by atoms with E-state index in [0.717, 1.165) is 0 Å². The lowest BCUT2D eigenvalue weighted by molar-refractivity contribution is 0.0635. The van der Waals surface area contributed by atoms with Gasteiger partial charge in [0.25, 0.3) is 0 Å². The van der Waals surface area contributed by atoms with Crippen LogP contribution in [0.5, 0.6) is 5.75 Å². The van der Waals surface area contributed by atoms with E-state index in [1.807, 2.05) is 0 Å². The maximum atomic E-state index is 14.8. The number of hydrogen-bond donors (Lipinski definition) is 2. The van der Waals surface area contributed by atoms with E-state index in [9.17, 15) is 9.18 Å². The summed E-state index contributed by atoms with van der Waals surface area (Å²) < 4.78 is 30.3. The zero-order chi connectivity index (χ0) is 22.4. The third kappa shape index (κ3) is 6.22. The number of fused-ring (bicyclic) bond motifs is 1. The number of halogens is 1. The van der Waals surface area contributed by atoms with Gasteiger partial charge in [0.2, 0.25) is 0 Å². The van der Waals surface area contributed by atoms with Crippen molar-refractivity contribution in [1.29, 1.82) is 0 Å². The number of aromatic nitrogens is 3. The van der Waals surface area contributed by atoms with Crippen molar-refractivity contribution in [2.24, 2.45) is 0 Å². The van der Waals surface area contributed by atoms with Crippen molar-refractivity contribution in [3.8, 4) is 5.75 Å². The Morgan fingerprint density at radius 2 is 1.94 bits per heavy atom. The minimum atomic E-state index is -0.613. The number of rotatable bonds is 7. The molecule has 0 spiro atoms. The number of methoxy groups -OCH3 is 1. The third-order valence-electron chi connectivity index (χ3n) is 3.87. The largest absolute Gasteiger partial charge is 0.491 e. The molecule has 3 aromatic rings. The van der Waals surface area contributed by atoms with Gasteiger partial charge in [-0.1, -0.05) is 0 Å². The molecule has 2 heterocycles. The molecule has 31 heavy (non-hydrogen) atoms. The fourth-order valence-electron chi connectivity index (χ4n) is 2.63. The molecule has 10 heteroatoms. The number of pyridine rings is 1. The molecule has 9 nitrogen and oxygen atoms in total. The second kappa shape index (κ2) is 9.52. The van der Waals surface area contributed by atoms with Crippen LogP contribution in [-0.4, -0.2) is 47.0 Å². The van der Waals surface area contributed by atoms with Gasteiger partial charge in [0.15, 0.2) is 0 Å². The maximum Gasteiger partial charge on any atom is 0.413 e. The molecule has 0 aliphatic rings. The first-order chi connectivity index (χ1) is 14.7. The minimum Gasteiger partial charge on any atom is -0.491 e. The quantitative estimate of drug-likeness (QED) is 0.536. The summed E-state index contributed by atoms with van der Waals surface area (Å²) in [5, 5.41) is 5.79. The second-order valence-corrected chi connectivity index (χ2v) is 7.55. The molecule has 2 aromatic heterocycles. The summed E-state index contributed by atoms with van der Waals surface area (Å²) >= 11 is 0. The van der Waals surface area contributed by atoms with Gasteiger partial charge in [-0.3, -0.25) is 5.32 Å². The number of benzene rings is 1. The first-order valence-electron chi connectivity index (χ1n) is 9.54. The summed E-state index contributed by atoms with van der Waals surface area (Å²) in [5.41, 5.74) is 0.328. The van der Waals surface area contributed by atoms with E-state index in [1.165, 1.54) is 18.6 Å². The summed E-state index contributed by atoms with van der Waals surface area (Å²) in [6.45, 7) is 6.00. The average Bonchev–Trinajstić information content (AvgIpc) is 2.68. The summed E-state index contributed by atoms with van der Waals surface area (Å²) in [4.78, 5) is 24.3. The molecule has 0 fully saturated rings. The van der Waals surface area contributed by atoms with Crippen LogP contribution in [0.2, 0.25) is 0 Å². The van der Waals surface area contributed by atoms with Crippen LogP contribution in [-0.2, 0) is 9.47 Å². The zero-order valence-corrected chi connectivity index (χ0v) is 17.7. The molecule has 0 aliphatic heterocycles. The van der Waals surface area contributed by atoms with E-state index in [0.29, 0.717) is 36.0 Å². The van der Waals surface area contributed by atoms with Gasteiger partial charge in [-0.15, -0.1) is 0 Å². The molecular weight excluding hydrogens is 405 g/mol. The van der Waals surface area contributed by atoms with Crippen LogP contribution < -0.4 is 15.4 Å². The van der Waals surface area contributed by atoms with E-state index < -0.39 is 17.5 Å². The van der Waals surface area contributed by atoms with Crippen molar-refractivity contribution in [2.45, 2.75) is 26.4 Å². The number of carbonyl (C=O) groups is 1. The van der Waals surface area contributed by atoms with Gasteiger partial charge in [0.05, 0.1) is 29.4 Å². The van der Waals surface area contributed by atoms with Gasteiger partial charge in [-0.25, -0.2) is 24.1 Å². The van der Waals surface area contributed by atoms with Crippen LogP contribution >= 0.6 is 0 Å². The predicted molar refractivity (Wildman–Crippen MR) is 114 cm³/mol. The molecule has 1 amide bonds. The van der Waals surface area contributed by atoms with Gasteiger partial charge in [0.1, 0.15) is 41.7 Å². The number of carbonyl (C=O) groups excluding carboxylic acids is 1. The Kier molecular flexibility index (Phi) is 6.81.